The van der Waals surface area contributed by atoms with Crippen molar-refractivity contribution in [1.29, 1.82) is 0 Å². The van der Waals surface area contributed by atoms with E-state index in [1.165, 1.54) is 5.69 Å². The Balaban J connectivity index is 1.86. The second-order valence-corrected chi connectivity index (χ2v) is 13.3. The second kappa shape index (κ2) is 21.9. The van der Waals surface area contributed by atoms with Gasteiger partial charge in [0, 0.05) is 42.0 Å². The molecule has 3 aromatic carbocycles. The van der Waals surface area contributed by atoms with Crippen molar-refractivity contribution in [3.8, 4) is 56.6 Å². The molecule has 0 aliphatic heterocycles. The van der Waals surface area contributed by atoms with Crippen molar-refractivity contribution in [3.63, 3.8) is 0 Å². The van der Waals surface area contributed by atoms with Crippen LogP contribution in [0.5, 0.6) is 23.0 Å². The minimum atomic E-state index is 0.636. The van der Waals surface area contributed by atoms with Crippen LogP contribution in [0.4, 0.5) is 5.69 Å². The van der Waals surface area contributed by atoms with Gasteiger partial charge in [-0.2, -0.15) is 0 Å². The van der Waals surface area contributed by atoms with Crippen LogP contribution < -0.4 is 23.8 Å². The molecule has 51 heavy (non-hydrogen) atoms. The molecule has 0 atom stereocenters. The average molecular weight is 695 g/mol. The molecule has 6 nitrogen and oxygen atoms in total. The third-order valence-corrected chi connectivity index (χ3v) is 8.88. The van der Waals surface area contributed by atoms with Gasteiger partial charge in [0.2, 0.25) is 0 Å². The van der Waals surface area contributed by atoms with Crippen LogP contribution in [0.25, 0.3) is 33.6 Å². The van der Waals surface area contributed by atoms with E-state index in [4.69, 9.17) is 23.9 Å². The van der Waals surface area contributed by atoms with Gasteiger partial charge >= 0.3 is 0 Å². The minimum Gasteiger partial charge on any atom is -0.493 e. The van der Waals surface area contributed by atoms with Crippen LogP contribution in [0.1, 0.15) is 106 Å². The molecule has 0 saturated carbocycles. The fourth-order valence-electron chi connectivity index (χ4n) is 5.92. The molecule has 0 aliphatic rings. The Bertz CT molecular complexity index is 1490. The smallest absolute Gasteiger partial charge is 0.132 e. The number of unbranched alkanes of at least 4 members (excludes halogenated alkanes) is 4. The lowest BCUT2D eigenvalue weighted by molar-refractivity contribution is 0.295. The number of ether oxygens (including phenoxy) is 4. The fourth-order valence-corrected chi connectivity index (χ4v) is 5.92. The maximum atomic E-state index is 6.44. The van der Waals surface area contributed by atoms with Gasteiger partial charge in [0.15, 0.2) is 0 Å². The van der Waals surface area contributed by atoms with Gasteiger partial charge in [-0.3, -0.25) is 0 Å². The van der Waals surface area contributed by atoms with Crippen molar-refractivity contribution in [2.24, 2.45) is 0 Å². The number of hydrogen-bond acceptors (Lipinski definition) is 6. The highest BCUT2D eigenvalue weighted by atomic mass is 16.5. The fraction of sp³-hybridized carbons (Fsp3) is 0.489. The lowest BCUT2D eigenvalue weighted by atomic mass is 9.98. The molecule has 0 fully saturated rings. The SMILES string of the molecule is CCCCOc1ccc(-c2cc(-c3ccc(N(CCC)CCC)cc3)cc(-c3ccc(OCCCC)cc3OCCCC)n2)c(OCCCC)c1. The Morgan fingerprint density at radius 2 is 0.882 bits per heavy atom. The highest BCUT2D eigenvalue weighted by molar-refractivity contribution is 5.81. The molecular formula is C45H62N2O4. The normalized spacial score (nSPS) is 11.0. The first kappa shape index (κ1) is 39.6. The van der Waals surface area contributed by atoms with E-state index in [9.17, 15) is 0 Å². The van der Waals surface area contributed by atoms with Gasteiger partial charge in [-0.05, 0) is 98.2 Å². The van der Waals surface area contributed by atoms with Crippen LogP contribution in [-0.4, -0.2) is 44.5 Å². The summed E-state index contributed by atoms with van der Waals surface area (Å²) >= 11 is 0. The first-order valence-electron chi connectivity index (χ1n) is 19.7. The molecule has 0 N–H and O–H groups in total. The van der Waals surface area contributed by atoms with E-state index in [0.717, 1.165) is 134 Å². The maximum absolute atomic E-state index is 6.44. The van der Waals surface area contributed by atoms with Gasteiger partial charge in [-0.25, -0.2) is 4.98 Å². The highest BCUT2D eigenvalue weighted by Gasteiger charge is 2.18. The van der Waals surface area contributed by atoms with E-state index >= 15 is 0 Å². The quantitative estimate of drug-likeness (QED) is 0.0681. The number of benzene rings is 3. The largest absolute Gasteiger partial charge is 0.493 e. The van der Waals surface area contributed by atoms with Crippen molar-refractivity contribution < 1.29 is 18.9 Å². The molecule has 0 unspecified atom stereocenters. The molecule has 6 heteroatoms. The molecule has 0 aliphatic carbocycles. The number of hydrogen-bond donors (Lipinski definition) is 0. The number of nitrogens with zero attached hydrogens (tertiary/aromatic N) is 2. The number of anilines is 1. The Hall–Kier alpha value is -4.19. The Labute approximate surface area is 308 Å². The van der Waals surface area contributed by atoms with Crippen LogP contribution in [-0.2, 0) is 0 Å². The van der Waals surface area contributed by atoms with Crippen molar-refractivity contribution in [3.05, 3.63) is 72.8 Å². The lowest BCUT2D eigenvalue weighted by Gasteiger charge is -2.24. The molecule has 1 aromatic heterocycles. The van der Waals surface area contributed by atoms with Crippen molar-refractivity contribution in [2.75, 3.05) is 44.4 Å². The van der Waals surface area contributed by atoms with Crippen LogP contribution >= 0.6 is 0 Å². The Morgan fingerprint density at radius 3 is 1.29 bits per heavy atom. The standard InChI is InChI=1S/C45H62N2O4/c1-7-13-27-48-38-21-23-40(44(33-38)50-29-15-9-3)42-31-36(35-17-19-37(20-18-35)47(25-11-5)26-12-6)32-43(46-42)41-24-22-39(49-28-14-8-2)34-45(41)51-30-16-10-4/h17-24,31-34H,7-16,25-30H2,1-6H3. The molecule has 4 aromatic rings. The molecule has 0 radical (unpaired) electrons. The van der Waals surface area contributed by atoms with Gasteiger partial charge in [-0.15, -0.1) is 0 Å². The predicted octanol–water partition coefficient (Wildman–Crippen LogP) is 12.4. The number of pyridine rings is 1. The maximum Gasteiger partial charge on any atom is 0.132 e. The first-order valence-corrected chi connectivity index (χ1v) is 19.7. The molecular weight excluding hydrogens is 633 g/mol. The van der Waals surface area contributed by atoms with Gasteiger partial charge in [-0.1, -0.05) is 79.4 Å². The van der Waals surface area contributed by atoms with Crippen LogP contribution in [0.15, 0.2) is 72.8 Å². The van der Waals surface area contributed by atoms with Crippen LogP contribution in [0, 0.1) is 0 Å². The zero-order valence-electron chi connectivity index (χ0n) is 32.3. The summed E-state index contributed by atoms with van der Waals surface area (Å²) in [5.74, 6) is 3.22. The Kier molecular flexibility index (Phi) is 17.0. The minimum absolute atomic E-state index is 0.636. The summed E-state index contributed by atoms with van der Waals surface area (Å²) in [6, 6.07) is 25.7. The summed E-state index contributed by atoms with van der Waals surface area (Å²) in [4.78, 5) is 7.81. The average Bonchev–Trinajstić information content (AvgIpc) is 3.15. The zero-order valence-corrected chi connectivity index (χ0v) is 32.3. The van der Waals surface area contributed by atoms with Gasteiger partial charge in [0.05, 0.1) is 37.8 Å². The predicted molar refractivity (Wildman–Crippen MR) is 215 cm³/mol. The van der Waals surface area contributed by atoms with E-state index < -0.39 is 0 Å². The Morgan fingerprint density at radius 1 is 0.451 bits per heavy atom. The first-order chi connectivity index (χ1) is 25.0. The summed E-state index contributed by atoms with van der Waals surface area (Å²) in [6.07, 6.45) is 10.5. The van der Waals surface area contributed by atoms with Crippen molar-refractivity contribution in [2.45, 2.75) is 106 Å². The topological polar surface area (TPSA) is 53.1 Å². The van der Waals surface area contributed by atoms with E-state index in [1.807, 2.05) is 24.3 Å². The van der Waals surface area contributed by atoms with Gasteiger partial charge in [0.25, 0.3) is 0 Å². The second-order valence-electron chi connectivity index (χ2n) is 13.3. The summed E-state index contributed by atoms with van der Waals surface area (Å²) in [5, 5.41) is 0. The van der Waals surface area contributed by atoms with E-state index in [0.29, 0.717) is 26.4 Å². The molecule has 0 bridgehead atoms. The third kappa shape index (κ3) is 11.9. The van der Waals surface area contributed by atoms with Crippen molar-refractivity contribution in [1.82, 2.24) is 4.98 Å². The van der Waals surface area contributed by atoms with Gasteiger partial charge in [0.1, 0.15) is 23.0 Å². The summed E-state index contributed by atoms with van der Waals surface area (Å²) in [5.41, 5.74) is 7.06. The van der Waals surface area contributed by atoms with E-state index in [2.05, 4.69) is 95.0 Å². The van der Waals surface area contributed by atoms with E-state index in [1.54, 1.807) is 0 Å². The summed E-state index contributed by atoms with van der Waals surface area (Å²) in [6.45, 7) is 17.9. The van der Waals surface area contributed by atoms with E-state index in [-0.39, 0.29) is 0 Å². The van der Waals surface area contributed by atoms with Gasteiger partial charge < -0.3 is 23.8 Å². The zero-order chi connectivity index (χ0) is 36.3. The lowest BCUT2D eigenvalue weighted by Crippen LogP contribution is -2.24. The summed E-state index contributed by atoms with van der Waals surface area (Å²) in [7, 11) is 0. The molecule has 0 spiro atoms. The monoisotopic (exact) mass is 694 g/mol. The highest BCUT2D eigenvalue weighted by Crippen LogP contribution is 2.40. The molecule has 1 heterocycles. The van der Waals surface area contributed by atoms with Crippen LogP contribution in [0.3, 0.4) is 0 Å². The summed E-state index contributed by atoms with van der Waals surface area (Å²) < 4.78 is 25.1. The van der Waals surface area contributed by atoms with Crippen molar-refractivity contribution >= 4 is 5.69 Å². The molecule has 4 rings (SSSR count). The number of rotatable bonds is 24. The molecule has 0 saturated heterocycles. The number of aromatic nitrogens is 1. The molecule has 0 amide bonds. The third-order valence-electron chi connectivity index (χ3n) is 8.88. The van der Waals surface area contributed by atoms with Crippen LogP contribution in [0.2, 0.25) is 0 Å². The molecule has 276 valence electrons.